The van der Waals surface area contributed by atoms with E-state index in [-0.39, 0.29) is 11.2 Å². The summed E-state index contributed by atoms with van der Waals surface area (Å²) in [5.74, 6) is -2.32. The quantitative estimate of drug-likeness (QED) is 0.811. The van der Waals surface area contributed by atoms with Crippen LogP contribution in [0.3, 0.4) is 0 Å². The molecule has 0 aliphatic carbocycles. The lowest BCUT2D eigenvalue weighted by Crippen LogP contribution is -2.15. The minimum Gasteiger partial charge on any atom is -0.604 e. The van der Waals surface area contributed by atoms with Crippen molar-refractivity contribution in [3.63, 3.8) is 0 Å². The molecule has 4 nitrogen and oxygen atoms in total. The number of benzene rings is 1. The summed E-state index contributed by atoms with van der Waals surface area (Å²) in [4.78, 5) is 3.96. The molecule has 7 heteroatoms. The molecule has 2 atom stereocenters. The van der Waals surface area contributed by atoms with Crippen LogP contribution in [0.15, 0.2) is 35.5 Å². The van der Waals surface area contributed by atoms with Crippen molar-refractivity contribution in [2.24, 2.45) is 0 Å². The topological polar surface area (TPSA) is 53.8 Å². The standard InChI is InChI=1S/C12H11F2N3OS/c13-11(14)19(18)12-15-10-7-6-9(17(10)16-12)8-4-2-1-3-5-8/h1-5,9,11H,6-7H2/t9-,19+/m0/s1. The first-order valence-electron chi connectivity index (χ1n) is 5.86. The molecule has 0 amide bonds. The van der Waals surface area contributed by atoms with Crippen LogP contribution >= 0.6 is 0 Å². The van der Waals surface area contributed by atoms with Gasteiger partial charge in [-0.3, -0.25) is 0 Å². The monoisotopic (exact) mass is 283 g/mol. The zero-order valence-corrected chi connectivity index (χ0v) is 10.7. The van der Waals surface area contributed by atoms with Gasteiger partial charge in [-0.1, -0.05) is 30.3 Å². The lowest BCUT2D eigenvalue weighted by atomic mass is 10.1. The highest BCUT2D eigenvalue weighted by molar-refractivity contribution is 7.91. The van der Waals surface area contributed by atoms with Gasteiger partial charge in [0, 0.05) is 6.42 Å². The normalized spacial score (nSPS) is 19.7. The number of aromatic nitrogens is 3. The molecule has 0 radical (unpaired) electrons. The van der Waals surface area contributed by atoms with Gasteiger partial charge in [0.2, 0.25) is 0 Å². The summed E-state index contributed by atoms with van der Waals surface area (Å²) < 4.78 is 37.7. The molecule has 2 heterocycles. The van der Waals surface area contributed by atoms with Gasteiger partial charge >= 0.3 is 10.9 Å². The summed E-state index contributed by atoms with van der Waals surface area (Å²) in [5, 5.41) is 3.72. The Balaban J connectivity index is 1.93. The summed E-state index contributed by atoms with van der Waals surface area (Å²) in [7, 11) is 0. The van der Waals surface area contributed by atoms with E-state index in [2.05, 4.69) is 10.1 Å². The summed E-state index contributed by atoms with van der Waals surface area (Å²) in [6, 6.07) is 9.67. The summed E-state index contributed by atoms with van der Waals surface area (Å²) in [6.45, 7) is 0. The molecule has 0 bridgehead atoms. The van der Waals surface area contributed by atoms with Gasteiger partial charge in [0.05, 0.1) is 17.2 Å². The predicted molar refractivity (Wildman–Crippen MR) is 65.3 cm³/mol. The fraction of sp³-hybridized carbons (Fsp3) is 0.333. The summed E-state index contributed by atoms with van der Waals surface area (Å²) in [6.07, 6.45) is 1.49. The molecule has 1 aromatic heterocycles. The van der Waals surface area contributed by atoms with Crippen molar-refractivity contribution < 1.29 is 13.3 Å². The number of nitrogens with zero attached hydrogens (tertiary/aromatic N) is 3. The smallest absolute Gasteiger partial charge is 0.405 e. The Hall–Kier alpha value is -1.47. The molecule has 0 N–H and O–H groups in total. The zero-order valence-electron chi connectivity index (χ0n) is 9.87. The van der Waals surface area contributed by atoms with E-state index in [4.69, 9.17) is 0 Å². The molecule has 0 saturated heterocycles. The molecule has 1 aliphatic rings. The van der Waals surface area contributed by atoms with Gasteiger partial charge in [0.25, 0.3) is 0 Å². The van der Waals surface area contributed by atoms with Gasteiger partial charge < -0.3 is 4.55 Å². The van der Waals surface area contributed by atoms with Gasteiger partial charge in [-0.2, -0.15) is 13.8 Å². The van der Waals surface area contributed by atoms with E-state index in [0.29, 0.717) is 12.2 Å². The highest BCUT2D eigenvalue weighted by Gasteiger charge is 2.34. The van der Waals surface area contributed by atoms with E-state index in [9.17, 15) is 13.3 Å². The molecule has 0 fully saturated rings. The highest BCUT2D eigenvalue weighted by atomic mass is 32.2. The van der Waals surface area contributed by atoms with Crippen molar-refractivity contribution >= 4 is 11.2 Å². The fourth-order valence-electron chi connectivity index (χ4n) is 2.29. The number of fused-ring (bicyclic) bond motifs is 1. The molecular formula is C12H11F2N3OS. The third kappa shape index (κ3) is 2.23. The van der Waals surface area contributed by atoms with Gasteiger partial charge in [0.15, 0.2) is 0 Å². The maximum atomic E-state index is 12.4. The van der Waals surface area contributed by atoms with Gasteiger partial charge in [-0.05, 0) is 12.0 Å². The fourth-order valence-corrected chi connectivity index (χ4v) is 2.81. The van der Waals surface area contributed by atoms with Crippen molar-refractivity contribution in [2.45, 2.75) is 29.8 Å². The van der Waals surface area contributed by atoms with Crippen LogP contribution in [0.1, 0.15) is 23.9 Å². The maximum Gasteiger partial charge on any atom is 0.405 e. The van der Waals surface area contributed by atoms with Crippen molar-refractivity contribution in [1.29, 1.82) is 0 Å². The largest absolute Gasteiger partial charge is 0.604 e. The summed E-state index contributed by atoms with van der Waals surface area (Å²) in [5.41, 5.74) is 1.06. The molecule has 3 rings (SSSR count). The predicted octanol–water partition coefficient (Wildman–Crippen LogP) is 2.14. The molecule has 0 spiro atoms. The number of hydrogen-bond acceptors (Lipinski definition) is 3. The zero-order chi connectivity index (χ0) is 13.4. The van der Waals surface area contributed by atoms with Crippen molar-refractivity contribution in [2.75, 3.05) is 0 Å². The second-order valence-electron chi connectivity index (χ2n) is 4.28. The Morgan fingerprint density at radius 3 is 2.74 bits per heavy atom. The van der Waals surface area contributed by atoms with Crippen LogP contribution in [0.25, 0.3) is 0 Å². The molecule has 0 unspecified atom stereocenters. The summed E-state index contributed by atoms with van der Waals surface area (Å²) >= 11 is -2.44. The van der Waals surface area contributed by atoms with Crippen LogP contribution in [0.4, 0.5) is 8.78 Å². The Kier molecular flexibility index (Phi) is 3.24. The number of halogens is 2. The second kappa shape index (κ2) is 4.90. The molecule has 2 aromatic rings. The van der Waals surface area contributed by atoms with E-state index in [1.807, 2.05) is 30.3 Å². The third-order valence-corrected chi connectivity index (χ3v) is 4.00. The van der Waals surface area contributed by atoms with Crippen molar-refractivity contribution in [3.8, 4) is 0 Å². The van der Waals surface area contributed by atoms with E-state index >= 15 is 0 Å². The highest BCUT2D eigenvalue weighted by Crippen LogP contribution is 2.31. The van der Waals surface area contributed by atoms with Crippen LogP contribution in [-0.4, -0.2) is 25.1 Å². The molecule has 1 aromatic carbocycles. The maximum absolute atomic E-state index is 12.4. The Labute approximate surface area is 111 Å². The number of hydrogen-bond donors (Lipinski definition) is 0. The molecule has 0 saturated carbocycles. The van der Waals surface area contributed by atoms with Gasteiger partial charge in [-0.25, -0.2) is 4.68 Å². The van der Waals surface area contributed by atoms with E-state index < -0.39 is 16.9 Å². The molecule has 1 aliphatic heterocycles. The van der Waals surface area contributed by atoms with Crippen LogP contribution in [0, 0.1) is 0 Å². The Bertz CT molecular complexity index is 576. The van der Waals surface area contributed by atoms with Crippen molar-refractivity contribution in [3.05, 3.63) is 41.7 Å². The first kappa shape index (κ1) is 12.6. The van der Waals surface area contributed by atoms with Crippen LogP contribution in [0.2, 0.25) is 0 Å². The van der Waals surface area contributed by atoms with E-state index in [1.165, 1.54) is 0 Å². The number of alkyl halides is 2. The lowest BCUT2D eigenvalue weighted by Gasteiger charge is -2.11. The van der Waals surface area contributed by atoms with Crippen LogP contribution in [0.5, 0.6) is 0 Å². The average Bonchev–Trinajstić information content (AvgIpc) is 2.98. The number of aryl methyl sites for hydroxylation is 1. The van der Waals surface area contributed by atoms with Crippen molar-refractivity contribution in [1.82, 2.24) is 14.8 Å². The van der Waals surface area contributed by atoms with Gasteiger partial charge in [-0.15, -0.1) is 5.10 Å². The van der Waals surface area contributed by atoms with E-state index in [0.717, 1.165) is 12.0 Å². The first-order valence-corrected chi connectivity index (χ1v) is 7.07. The third-order valence-electron chi connectivity index (χ3n) is 3.15. The molecule has 100 valence electrons. The second-order valence-corrected chi connectivity index (χ2v) is 5.59. The van der Waals surface area contributed by atoms with Gasteiger partial charge in [0.1, 0.15) is 5.82 Å². The Morgan fingerprint density at radius 1 is 1.32 bits per heavy atom. The van der Waals surface area contributed by atoms with Crippen LogP contribution in [-0.2, 0) is 17.6 Å². The minimum atomic E-state index is -2.95. The van der Waals surface area contributed by atoms with E-state index in [1.54, 1.807) is 4.68 Å². The van der Waals surface area contributed by atoms with Crippen LogP contribution < -0.4 is 0 Å². The first-order chi connectivity index (χ1) is 9.16. The average molecular weight is 283 g/mol. The molecule has 19 heavy (non-hydrogen) atoms. The minimum absolute atomic E-state index is 0.00729. The SMILES string of the molecule is [O-][S@@+](c1nc2n(n1)[C@H](c1ccccc1)CC2)C(F)F. The number of rotatable bonds is 3. The lowest BCUT2D eigenvalue weighted by molar-refractivity contribution is 0.233. The Morgan fingerprint density at radius 2 is 2.05 bits per heavy atom. The molecular weight excluding hydrogens is 272 g/mol.